The molecule has 0 saturated carbocycles. The lowest BCUT2D eigenvalue weighted by Crippen LogP contribution is -2.11. The Balaban J connectivity index is 1.55. The summed E-state index contributed by atoms with van der Waals surface area (Å²) in [6.45, 7) is 0. The summed E-state index contributed by atoms with van der Waals surface area (Å²) < 4.78 is 0. The number of hydrogen-bond acceptors (Lipinski definition) is 2. The average Bonchev–Trinajstić information content (AvgIpc) is 3.08. The van der Waals surface area contributed by atoms with E-state index in [1.54, 1.807) is 36.4 Å². The molecule has 1 amide bonds. The molecule has 7 heteroatoms. The van der Waals surface area contributed by atoms with Gasteiger partial charge >= 0.3 is 0 Å². The molecular weight excluding hydrogens is 405 g/mol. The number of nitrogens with one attached hydrogen (secondary N) is 2. The van der Waals surface area contributed by atoms with Gasteiger partial charge in [-0.2, -0.15) is 0 Å². The van der Waals surface area contributed by atoms with Crippen LogP contribution < -0.4 is 5.32 Å². The highest BCUT2D eigenvalue weighted by Crippen LogP contribution is 2.26. The van der Waals surface area contributed by atoms with Gasteiger partial charge in [-0.15, -0.1) is 0 Å². The van der Waals surface area contributed by atoms with Gasteiger partial charge in [0.2, 0.25) is 0 Å². The number of carbonyl (C=O) groups is 1. The number of hydrogen-bond donors (Lipinski definition) is 2. The van der Waals surface area contributed by atoms with Crippen LogP contribution in [0.2, 0.25) is 15.1 Å². The number of anilines is 1. The van der Waals surface area contributed by atoms with Gasteiger partial charge in [0, 0.05) is 21.8 Å². The van der Waals surface area contributed by atoms with Gasteiger partial charge < -0.3 is 10.3 Å². The van der Waals surface area contributed by atoms with Crippen molar-refractivity contribution in [2.45, 2.75) is 0 Å². The topological polar surface area (TPSA) is 57.8 Å². The molecule has 0 bridgehead atoms. The fourth-order valence-electron chi connectivity index (χ4n) is 2.68. The van der Waals surface area contributed by atoms with Crippen molar-refractivity contribution in [3.63, 3.8) is 0 Å². The normalized spacial score (nSPS) is 10.9. The molecule has 0 spiro atoms. The minimum absolute atomic E-state index is 0.240. The zero-order valence-electron chi connectivity index (χ0n) is 13.8. The highest BCUT2D eigenvalue weighted by Gasteiger charge is 2.10. The van der Waals surface area contributed by atoms with Crippen LogP contribution in [0.5, 0.6) is 0 Å². The smallest absolute Gasteiger partial charge is 0.255 e. The van der Waals surface area contributed by atoms with Crippen LogP contribution in [-0.4, -0.2) is 15.9 Å². The third-order valence-electron chi connectivity index (χ3n) is 4.04. The van der Waals surface area contributed by atoms with Crippen molar-refractivity contribution in [2.24, 2.45) is 0 Å². The van der Waals surface area contributed by atoms with E-state index in [1.165, 1.54) is 0 Å². The summed E-state index contributed by atoms with van der Waals surface area (Å²) in [7, 11) is 0. The second-order valence-corrected chi connectivity index (χ2v) is 7.16. The number of aromatic nitrogens is 2. The molecule has 0 fully saturated rings. The van der Waals surface area contributed by atoms with Crippen LogP contribution in [0.25, 0.3) is 22.4 Å². The van der Waals surface area contributed by atoms with E-state index in [2.05, 4.69) is 15.3 Å². The Labute approximate surface area is 170 Å². The molecule has 3 aromatic carbocycles. The van der Waals surface area contributed by atoms with Gasteiger partial charge in [-0.3, -0.25) is 4.79 Å². The lowest BCUT2D eigenvalue weighted by atomic mass is 10.1. The minimum atomic E-state index is -0.240. The number of rotatable bonds is 3. The predicted octanol–water partition coefficient (Wildman–Crippen LogP) is 6.44. The molecule has 4 rings (SSSR count). The predicted molar refractivity (Wildman–Crippen MR) is 111 cm³/mol. The van der Waals surface area contributed by atoms with Crippen LogP contribution in [0.3, 0.4) is 0 Å². The molecule has 4 aromatic rings. The van der Waals surface area contributed by atoms with Crippen molar-refractivity contribution in [2.75, 3.05) is 5.32 Å². The zero-order valence-corrected chi connectivity index (χ0v) is 16.0. The summed E-state index contributed by atoms with van der Waals surface area (Å²) in [5.41, 5.74) is 3.65. The van der Waals surface area contributed by atoms with E-state index in [-0.39, 0.29) is 5.91 Å². The first kappa shape index (κ1) is 17.9. The molecule has 2 N–H and O–H groups in total. The van der Waals surface area contributed by atoms with E-state index in [0.717, 1.165) is 16.6 Å². The minimum Gasteiger partial charge on any atom is -0.338 e. The molecular formula is C20H12Cl3N3O. The van der Waals surface area contributed by atoms with Gasteiger partial charge in [-0.25, -0.2) is 4.98 Å². The molecule has 134 valence electrons. The first-order valence-corrected chi connectivity index (χ1v) is 9.15. The molecule has 1 aromatic heterocycles. The van der Waals surface area contributed by atoms with E-state index in [0.29, 0.717) is 32.1 Å². The Bertz CT molecular complexity index is 1150. The van der Waals surface area contributed by atoms with Gasteiger partial charge in [0.15, 0.2) is 0 Å². The molecule has 0 atom stereocenters. The number of amides is 1. The number of halogens is 3. The standard InChI is InChI=1S/C20H12Cl3N3O/c21-13-5-8-17-18(9-13)26-19(25-17)11-1-3-12(4-2-11)20(27)24-14-6-7-15(22)16(23)10-14/h1-10H,(H,24,27)(H,25,26). The maximum absolute atomic E-state index is 12.4. The number of carbonyl (C=O) groups excluding carboxylic acids is 1. The number of H-pyrrole nitrogens is 1. The van der Waals surface area contributed by atoms with E-state index in [4.69, 9.17) is 34.8 Å². The Kier molecular flexibility index (Phi) is 4.79. The lowest BCUT2D eigenvalue weighted by molar-refractivity contribution is 0.102. The van der Waals surface area contributed by atoms with Crippen molar-refractivity contribution in [3.05, 3.63) is 81.3 Å². The third-order valence-corrected chi connectivity index (χ3v) is 5.02. The van der Waals surface area contributed by atoms with Gasteiger partial charge in [0.05, 0.1) is 21.1 Å². The average molecular weight is 417 g/mol. The molecule has 4 nitrogen and oxygen atoms in total. The highest BCUT2D eigenvalue weighted by atomic mass is 35.5. The van der Waals surface area contributed by atoms with Crippen molar-refractivity contribution in [1.29, 1.82) is 0 Å². The first-order valence-electron chi connectivity index (χ1n) is 8.02. The van der Waals surface area contributed by atoms with Crippen LogP contribution >= 0.6 is 34.8 Å². The molecule has 0 aliphatic heterocycles. The van der Waals surface area contributed by atoms with Crippen molar-refractivity contribution < 1.29 is 4.79 Å². The number of benzene rings is 3. The Morgan fingerprint density at radius 1 is 0.889 bits per heavy atom. The number of nitrogens with zero attached hydrogens (tertiary/aromatic N) is 1. The van der Waals surface area contributed by atoms with Gasteiger partial charge in [-0.05, 0) is 48.5 Å². The second kappa shape index (κ2) is 7.24. The van der Waals surface area contributed by atoms with Crippen LogP contribution in [0.1, 0.15) is 10.4 Å². The summed E-state index contributed by atoms with van der Waals surface area (Å²) in [5.74, 6) is 0.472. The third kappa shape index (κ3) is 3.78. The summed E-state index contributed by atoms with van der Waals surface area (Å²) in [6.07, 6.45) is 0. The molecule has 0 aliphatic carbocycles. The van der Waals surface area contributed by atoms with Crippen LogP contribution in [0.4, 0.5) is 5.69 Å². The summed E-state index contributed by atoms with van der Waals surface area (Å²) in [4.78, 5) is 20.2. The molecule has 0 unspecified atom stereocenters. The van der Waals surface area contributed by atoms with Gasteiger partial charge in [0.1, 0.15) is 5.82 Å². The largest absolute Gasteiger partial charge is 0.338 e. The first-order chi connectivity index (χ1) is 13.0. The monoisotopic (exact) mass is 415 g/mol. The Morgan fingerprint density at radius 2 is 1.67 bits per heavy atom. The summed E-state index contributed by atoms with van der Waals surface area (Å²) in [6, 6.07) is 17.6. The van der Waals surface area contributed by atoms with Gasteiger partial charge in [0.25, 0.3) is 5.91 Å². The van der Waals surface area contributed by atoms with Crippen molar-refractivity contribution in [1.82, 2.24) is 9.97 Å². The van der Waals surface area contributed by atoms with E-state index >= 15 is 0 Å². The quantitative estimate of drug-likeness (QED) is 0.403. The Morgan fingerprint density at radius 3 is 2.41 bits per heavy atom. The number of aromatic amines is 1. The second-order valence-electron chi connectivity index (χ2n) is 5.91. The molecule has 0 saturated heterocycles. The van der Waals surface area contributed by atoms with E-state index in [9.17, 15) is 4.79 Å². The van der Waals surface area contributed by atoms with Crippen molar-refractivity contribution in [3.8, 4) is 11.4 Å². The SMILES string of the molecule is O=C(Nc1ccc(Cl)c(Cl)c1)c1ccc(-c2nc3ccc(Cl)cc3[nH]2)cc1. The van der Waals surface area contributed by atoms with E-state index in [1.807, 2.05) is 24.3 Å². The van der Waals surface area contributed by atoms with Crippen LogP contribution in [0.15, 0.2) is 60.7 Å². The lowest BCUT2D eigenvalue weighted by Gasteiger charge is -2.07. The van der Waals surface area contributed by atoms with Crippen LogP contribution in [0, 0.1) is 0 Å². The summed E-state index contributed by atoms with van der Waals surface area (Å²) in [5, 5.41) is 4.26. The maximum Gasteiger partial charge on any atom is 0.255 e. The number of fused-ring (bicyclic) bond motifs is 1. The Hall–Kier alpha value is -2.53. The molecule has 0 radical (unpaired) electrons. The van der Waals surface area contributed by atoms with Gasteiger partial charge in [-0.1, -0.05) is 46.9 Å². The summed E-state index contributed by atoms with van der Waals surface area (Å²) >= 11 is 17.9. The molecule has 0 aliphatic rings. The zero-order chi connectivity index (χ0) is 19.0. The molecule has 27 heavy (non-hydrogen) atoms. The van der Waals surface area contributed by atoms with Crippen LogP contribution in [-0.2, 0) is 0 Å². The highest BCUT2D eigenvalue weighted by molar-refractivity contribution is 6.42. The fraction of sp³-hybridized carbons (Fsp3) is 0. The number of imidazole rings is 1. The van der Waals surface area contributed by atoms with Crippen molar-refractivity contribution >= 4 is 57.4 Å². The molecule has 1 heterocycles. The fourth-order valence-corrected chi connectivity index (χ4v) is 3.15. The maximum atomic E-state index is 12.4. The van der Waals surface area contributed by atoms with E-state index < -0.39 is 0 Å².